The Bertz CT molecular complexity index is 638. The van der Waals surface area contributed by atoms with Crippen molar-refractivity contribution in [1.29, 1.82) is 0 Å². The number of benzene rings is 2. The molecule has 1 amide bonds. The Balaban J connectivity index is 0.00000208. The third-order valence-corrected chi connectivity index (χ3v) is 5.51. The van der Waals surface area contributed by atoms with E-state index in [1.807, 2.05) is 53.4 Å². The second-order valence-corrected chi connectivity index (χ2v) is 7.07. The molecule has 24 heavy (non-hydrogen) atoms. The summed E-state index contributed by atoms with van der Waals surface area (Å²) in [6.45, 7) is 2.26. The van der Waals surface area contributed by atoms with Crippen LogP contribution in [-0.4, -0.2) is 30.4 Å². The van der Waals surface area contributed by atoms with E-state index in [4.69, 9.17) is 5.73 Å². The smallest absolute Gasteiger partial charge is 0.240 e. The minimum atomic E-state index is -0.199. The van der Waals surface area contributed by atoms with Gasteiger partial charge in [-0.2, -0.15) is 0 Å². The number of likely N-dealkylation sites (tertiary alicyclic amines) is 1. The first-order chi connectivity index (χ1) is 11.3. The summed E-state index contributed by atoms with van der Waals surface area (Å²) in [6.07, 6.45) is 1.01. The van der Waals surface area contributed by atoms with Crippen LogP contribution in [0.15, 0.2) is 65.6 Å². The average Bonchev–Trinajstić information content (AvgIpc) is 3.10. The van der Waals surface area contributed by atoms with Crippen LogP contribution in [0.2, 0.25) is 0 Å². The molecule has 3 rings (SSSR count). The van der Waals surface area contributed by atoms with Crippen molar-refractivity contribution in [2.24, 2.45) is 11.7 Å². The van der Waals surface area contributed by atoms with Gasteiger partial charge < -0.3 is 10.6 Å². The Morgan fingerprint density at radius 1 is 1.12 bits per heavy atom. The van der Waals surface area contributed by atoms with Crippen LogP contribution < -0.4 is 5.73 Å². The van der Waals surface area contributed by atoms with Gasteiger partial charge >= 0.3 is 0 Å². The molecule has 3 nitrogen and oxygen atoms in total. The van der Waals surface area contributed by atoms with Crippen LogP contribution in [0.5, 0.6) is 0 Å². The van der Waals surface area contributed by atoms with E-state index in [1.165, 1.54) is 0 Å². The van der Waals surface area contributed by atoms with Crippen LogP contribution in [0.3, 0.4) is 0 Å². The topological polar surface area (TPSA) is 46.3 Å². The first-order valence-corrected chi connectivity index (χ1v) is 8.91. The highest BCUT2D eigenvalue weighted by Gasteiger charge is 2.31. The van der Waals surface area contributed by atoms with Gasteiger partial charge in [0.25, 0.3) is 0 Å². The number of amides is 1. The largest absolute Gasteiger partial charge is 0.341 e. The molecular weight excluding hydrogens is 340 g/mol. The minimum absolute atomic E-state index is 0. The maximum absolute atomic E-state index is 13.1. The number of carbonyl (C=O) groups is 1. The summed E-state index contributed by atoms with van der Waals surface area (Å²) < 4.78 is 0. The van der Waals surface area contributed by atoms with E-state index in [0.717, 1.165) is 30.0 Å². The lowest BCUT2D eigenvalue weighted by Crippen LogP contribution is -2.33. The van der Waals surface area contributed by atoms with Gasteiger partial charge in [0.15, 0.2) is 0 Å². The minimum Gasteiger partial charge on any atom is -0.341 e. The SMILES string of the molecule is Cl.NCC1CCN(C(=O)C(Sc2ccccc2)c2ccccc2)C1. The van der Waals surface area contributed by atoms with Gasteiger partial charge in [-0.15, -0.1) is 24.2 Å². The van der Waals surface area contributed by atoms with Crippen molar-refractivity contribution in [3.05, 3.63) is 66.2 Å². The van der Waals surface area contributed by atoms with Crippen LogP contribution in [0.25, 0.3) is 0 Å². The number of nitrogens with two attached hydrogens (primary N) is 1. The van der Waals surface area contributed by atoms with Crippen LogP contribution in [0.1, 0.15) is 17.2 Å². The van der Waals surface area contributed by atoms with E-state index in [1.54, 1.807) is 11.8 Å². The highest BCUT2D eigenvalue weighted by Crippen LogP contribution is 2.37. The predicted octanol–water partition coefficient (Wildman–Crippen LogP) is 3.75. The second kappa shape index (κ2) is 9.11. The molecule has 5 heteroatoms. The Hall–Kier alpha value is -1.49. The molecule has 2 aromatic carbocycles. The Labute approximate surface area is 154 Å². The summed E-state index contributed by atoms with van der Waals surface area (Å²) >= 11 is 1.62. The molecule has 2 atom stereocenters. The average molecular weight is 363 g/mol. The van der Waals surface area contributed by atoms with E-state index >= 15 is 0 Å². The maximum atomic E-state index is 13.1. The highest BCUT2D eigenvalue weighted by molar-refractivity contribution is 8.00. The van der Waals surface area contributed by atoms with E-state index < -0.39 is 0 Å². The molecule has 2 N–H and O–H groups in total. The fourth-order valence-corrected chi connectivity index (χ4v) is 4.04. The van der Waals surface area contributed by atoms with Crippen LogP contribution >= 0.6 is 24.2 Å². The fourth-order valence-electron chi connectivity index (χ4n) is 2.92. The molecule has 0 bridgehead atoms. The van der Waals surface area contributed by atoms with Gasteiger partial charge in [-0.1, -0.05) is 48.5 Å². The molecule has 128 valence electrons. The van der Waals surface area contributed by atoms with Gasteiger partial charge in [-0.05, 0) is 36.6 Å². The number of halogens is 1. The van der Waals surface area contributed by atoms with E-state index in [9.17, 15) is 4.79 Å². The van der Waals surface area contributed by atoms with Crippen molar-refractivity contribution in [2.45, 2.75) is 16.6 Å². The molecule has 1 fully saturated rings. The normalized spacial score (nSPS) is 18.0. The lowest BCUT2D eigenvalue weighted by Gasteiger charge is -2.23. The van der Waals surface area contributed by atoms with Crippen molar-refractivity contribution in [3.8, 4) is 0 Å². The van der Waals surface area contributed by atoms with Gasteiger partial charge in [0.05, 0.1) is 0 Å². The zero-order valence-electron chi connectivity index (χ0n) is 13.5. The molecule has 0 radical (unpaired) electrons. The van der Waals surface area contributed by atoms with Crippen LogP contribution in [-0.2, 0) is 4.79 Å². The first-order valence-electron chi connectivity index (χ1n) is 8.03. The van der Waals surface area contributed by atoms with Gasteiger partial charge in [0.1, 0.15) is 5.25 Å². The number of rotatable bonds is 5. The van der Waals surface area contributed by atoms with Crippen LogP contribution in [0, 0.1) is 5.92 Å². The molecule has 0 aromatic heterocycles. The standard InChI is InChI=1S/C19H22N2OS.ClH/c20-13-15-11-12-21(14-15)19(22)18(16-7-3-1-4-8-16)23-17-9-5-2-6-10-17;/h1-10,15,18H,11-14,20H2;1H. The fraction of sp³-hybridized carbons (Fsp3) is 0.316. The summed E-state index contributed by atoms with van der Waals surface area (Å²) in [7, 11) is 0. The van der Waals surface area contributed by atoms with Gasteiger partial charge in [0.2, 0.25) is 5.91 Å². The lowest BCUT2D eigenvalue weighted by molar-refractivity contribution is -0.129. The molecule has 0 spiro atoms. The Morgan fingerprint density at radius 3 is 2.33 bits per heavy atom. The molecule has 1 aliphatic rings. The predicted molar refractivity (Wildman–Crippen MR) is 102 cm³/mol. The first kappa shape index (κ1) is 18.8. The summed E-state index contributed by atoms with van der Waals surface area (Å²) in [5.74, 6) is 0.637. The summed E-state index contributed by atoms with van der Waals surface area (Å²) in [5.41, 5.74) is 6.82. The summed E-state index contributed by atoms with van der Waals surface area (Å²) in [6, 6.07) is 20.2. The number of nitrogens with zero attached hydrogens (tertiary/aromatic N) is 1. The Morgan fingerprint density at radius 2 is 1.75 bits per heavy atom. The third kappa shape index (κ3) is 4.53. The van der Waals surface area contributed by atoms with Gasteiger partial charge in [-0.25, -0.2) is 0 Å². The monoisotopic (exact) mass is 362 g/mol. The molecule has 0 aliphatic carbocycles. The summed E-state index contributed by atoms with van der Waals surface area (Å²) in [4.78, 5) is 16.2. The number of carbonyl (C=O) groups excluding carboxylic acids is 1. The van der Waals surface area contributed by atoms with Gasteiger partial charge in [-0.3, -0.25) is 4.79 Å². The van der Waals surface area contributed by atoms with Crippen molar-refractivity contribution >= 4 is 30.1 Å². The molecule has 1 heterocycles. The van der Waals surface area contributed by atoms with E-state index in [-0.39, 0.29) is 23.6 Å². The van der Waals surface area contributed by atoms with Crippen molar-refractivity contribution in [2.75, 3.05) is 19.6 Å². The zero-order chi connectivity index (χ0) is 16.1. The number of hydrogen-bond acceptors (Lipinski definition) is 3. The zero-order valence-corrected chi connectivity index (χ0v) is 15.1. The van der Waals surface area contributed by atoms with Crippen LogP contribution in [0.4, 0.5) is 0 Å². The molecule has 1 aliphatic heterocycles. The quantitative estimate of drug-likeness (QED) is 0.824. The number of hydrogen-bond donors (Lipinski definition) is 1. The molecular formula is C19H23ClN2OS. The molecule has 2 aromatic rings. The maximum Gasteiger partial charge on any atom is 0.240 e. The van der Waals surface area contributed by atoms with Crippen molar-refractivity contribution < 1.29 is 4.79 Å². The number of thioether (sulfide) groups is 1. The highest BCUT2D eigenvalue weighted by atomic mass is 35.5. The van der Waals surface area contributed by atoms with Gasteiger partial charge in [0, 0.05) is 18.0 Å². The molecule has 0 saturated carbocycles. The van der Waals surface area contributed by atoms with Crippen molar-refractivity contribution in [3.63, 3.8) is 0 Å². The summed E-state index contributed by atoms with van der Waals surface area (Å²) in [5, 5.41) is -0.199. The van der Waals surface area contributed by atoms with Crippen molar-refractivity contribution in [1.82, 2.24) is 4.90 Å². The second-order valence-electron chi connectivity index (χ2n) is 5.90. The van der Waals surface area contributed by atoms with E-state index in [0.29, 0.717) is 12.5 Å². The van der Waals surface area contributed by atoms with E-state index in [2.05, 4.69) is 12.1 Å². The molecule has 1 saturated heterocycles. The lowest BCUT2D eigenvalue weighted by atomic mass is 10.1. The Kier molecular flexibility index (Phi) is 7.16. The third-order valence-electron chi connectivity index (χ3n) is 4.25. The molecule has 2 unspecified atom stereocenters.